The molecule has 0 heterocycles. The zero-order chi connectivity index (χ0) is 10.2. The van der Waals surface area contributed by atoms with Crippen LogP contribution in [0.1, 0.15) is 25.7 Å². The number of rotatable bonds is 7. The maximum absolute atomic E-state index is 10.8. The van der Waals surface area contributed by atoms with Crippen molar-refractivity contribution in [2.45, 2.75) is 31.7 Å². The van der Waals surface area contributed by atoms with Crippen LogP contribution in [0.5, 0.6) is 0 Å². The Morgan fingerprint density at radius 1 is 1.50 bits per heavy atom. The number of methoxy groups -OCH3 is 1. The van der Waals surface area contributed by atoms with Crippen LogP contribution in [0.3, 0.4) is 0 Å². The Morgan fingerprint density at radius 2 is 2.29 bits per heavy atom. The van der Waals surface area contributed by atoms with Gasteiger partial charge in [-0.25, -0.2) is 0 Å². The summed E-state index contributed by atoms with van der Waals surface area (Å²) in [6.45, 7) is 1.07. The lowest BCUT2D eigenvalue weighted by Gasteiger charge is -2.26. The molecule has 14 heavy (non-hydrogen) atoms. The molecule has 1 saturated carbocycles. The fourth-order valence-electron chi connectivity index (χ4n) is 1.31. The van der Waals surface area contributed by atoms with Gasteiger partial charge < -0.3 is 10.1 Å². The van der Waals surface area contributed by atoms with E-state index in [4.69, 9.17) is 0 Å². The normalized spacial score (nSPS) is 16.4. The molecule has 1 aliphatic rings. The predicted octanol–water partition coefficient (Wildman–Crippen LogP) is 1.42. The van der Waals surface area contributed by atoms with E-state index in [9.17, 15) is 4.79 Å². The SMILES string of the molecule is COC(=O)CCSCCNC1CCC1. The van der Waals surface area contributed by atoms with Crippen LogP contribution in [0.15, 0.2) is 0 Å². The summed E-state index contributed by atoms with van der Waals surface area (Å²) < 4.78 is 4.55. The molecule has 4 heteroatoms. The Kier molecular flexibility index (Phi) is 6.03. The number of carbonyl (C=O) groups excluding carboxylic acids is 1. The zero-order valence-electron chi connectivity index (χ0n) is 8.75. The van der Waals surface area contributed by atoms with Gasteiger partial charge in [0.25, 0.3) is 0 Å². The quantitative estimate of drug-likeness (QED) is 0.517. The molecule has 0 spiro atoms. The monoisotopic (exact) mass is 217 g/mol. The molecule has 1 rings (SSSR count). The number of esters is 1. The molecular weight excluding hydrogens is 198 g/mol. The Labute approximate surface area is 90.0 Å². The molecule has 0 amide bonds. The molecule has 0 aromatic heterocycles. The van der Waals surface area contributed by atoms with E-state index < -0.39 is 0 Å². The molecule has 1 N–H and O–H groups in total. The number of thioether (sulfide) groups is 1. The maximum Gasteiger partial charge on any atom is 0.306 e. The second-order valence-corrected chi connectivity index (χ2v) is 4.75. The highest BCUT2D eigenvalue weighted by Crippen LogP contribution is 2.17. The van der Waals surface area contributed by atoms with Crippen LogP contribution in [-0.2, 0) is 9.53 Å². The first-order valence-electron chi connectivity index (χ1n) is 5.21. The van der Waals surface area contributed by atoms with Gasteiger partial charge >= 0.3 is 5.97 Å². The summed E-state index contributed by atoms with van der Waals surface area (Å²) in [5.41, 5.74) is 0. The molecule has 1 fully saturated rings. The zero-order valence-corrected chi connectivity index (χ0v) is 9.57. The molecule has 0 unspecified atom stereocenters. The van der Waals surface area contributed by atoms with Gasteiger partial charge in [0.05, 0.1) is 13.5 Å². The van der Waals surface area contributed by atoms with Crippen LogP contribution in [0, 0.1) is 0 Å². The van der Waals surface area contributed by atoms with Gasteiger partial charge in [0.1, 0.15) is 0 Å². The minimum Gasteiger partial charge on any atom is -0.469 e. The van der Waals surface area contributed by atoms with Crippen molar-refractivity contribution < 1.29 is 9.53 Å². The van der Waals surface area contributed by atoms with Crippen molar-refractivity contribution in [2.75, 3.05) is 25.2 Å². The first-order valence-corrected chi connectivity index (χ1v) is 6.36. The van der Waals surface area contributed by atoms with Crippen molar-refractivity contribution in [1.82, 2.24) is 5.32 Å². The molecule has 0 saturated heterocycles. The van der Waals surface area contributed by atoms with Crippen molar-refractivity contribution in [3.05, 3.63) is 0 Å². The fourth-order valence-corrected chi connectivity index (χ4v) is 2.08. The van der Waals surface area contributed by atoms with Crippen LogP contribution in [0.2, 0.25) is 0 Å². The molecule has 0 aliphatic heterocycles. The van der Waals surface area contributed by atoms with E-state index in [1.807, 2.05) is 11.8 Å². The van der Waals surface area contributed by atoms with Gasteiger partial charge in [-0.2, -0.15) is 11.8 Å². The Bertz CT molecular complexity index is 172. The number of ether oxygens (including phenoxy) is 1. The number of nitrogens with one attached hydrogen (secondary N) is 1. The average Bonchev–Trinajstić information content (AvgIpc) is 2.13. The second kappa shape index (κ2) is 7.12. The first-order chi connectivity index (χ1) is 6.83. The highest BCUT2D eigenvalue weighted by atomic mass is 32.2. The molecule has 3 nitrogen and oxygen atoms in total. The summed E-state index contributed by atoms with van der Waals surface area (Å²) in [5, 5.41) is 3.48. The van der Waals surface area contributed by atoms with E-state index in [0.717, 1.165) is 24.1 Å². The Hall–Kier alpha value is -0.220. The molecule has 0 atom stereocenters. The van der Waals surface area contributed by atoms with Crippen LogP contribution in [0.25, 0.3) is 0 Å². The van der Waals surface area contributed by atoms with Gasteiger partial charge in [-0.1, -0.05) is 6.42 Å². The minimum atomic E-state index is -0.107. The summed E-state index contributed by atoms with van der Waals surface area (Å²) in [5.74, 6) is 1.86. The molecule has 82 valence electrons. The standard InChI is InChI=1S/C10H19NO2S/c1-13-10(12)5-7-14-8-6-11-9-3-2-4-9/h9,11H,2-8H2,1H3. The topological polar surface area (TPSA) is 38.3 Å². The largest absolute Gasteiger partial charge is 0.469 e. The highest BCUT2D eigenvalue weighted by Gasteiger charge is 2.15. The highest BCUT2D eigenvalue weighted by molar-refractivity contribution is 7.99. The Balaban J connectivity index is 1.77. The number of carbonyl (C=O) groups is 1. The third kappa shape index (κ3) is 4.86. The number of hydrogen-bond donors (Lipinski definition) is 1. The van der Waals surface area contributed by atoms with Crippen molar-refractivity contribution in [1.29, 1.82) is 0 Å². The van der Waals surface area contributed by atoms with Crippen LogP contribution >= 0.6 is 11.8 Å². The van der Waals surface area contributed by atoms with Crippen LogP contribution in [-0.4, -0.2) is 37.2 Å². The summed E-state index contributed by atoms with van der Waals surface area (Å²) >= 11 is 1.81. The van der Waals surface area contributed by atoms with E-state index >= 15 is 0 Å². The molecule has 0 aromatic carbocycles. The van der Waals surface area contributed by atoms with Gasteiger partial charge in [-0.05, 0) is 12.8 Å². The van der Waals surface area contributed by atoms with Gasteiger partial charge in [-0.3, -0.25) is 4.79 Å². The van der Waals surface area contributed by atoms with E-state index in [0.29, 0.717) is 6.42 Å². The summed E-state index contributed by atoms with van der Waals surface area (Å²) in [6, 6.07) is 0.774. The third-order valence-electron chi connectivity index (χ3n) is 2.46. The van der Waals surface area contributed by atoms with Gasteiger partial charge in [0.2, 0.25) is 0 Å². The van der Waals surface area contributed by atoms with Crippen molar-refractivity contribution in [2.24, 2.45) is 0 Å². The van der Waals surface area contributed by atoms with E-state index in [2.05, 4.69) is 10.1 Å². The third-order valence-corrected chi connectivity index (χ3v) is 3.45. The summed E-state index contributed by atoms with van der Waals surface area (Å²) in [4.78, 5) is 10.8. The molecule has 0 bridgehead atoms. The summed E-state index contributed by atoms with van der Waals surface area (Å²) in [6.07, 6.45) is 4.59. The van der Waals surface area contributed by atoms with Crippen LogP contribution in [0.4, 0.5) is 0 Å². The van der Waals surface area contributed by atoms with E-state index in [1.54, 1.807) is 0 Å². The van der Waals surface area contributed by atoms with Gasteiger partial charge in [0, 0.05) is 24.1 Å². The lowest BCUT2D eigenvalue weighted by molar-refractivity contribution is -0.140. The first kappa shape index (κ1) is 11.9. The lowest BCUT2D eigenvalue weighted by atomic mass is 9.93. The molecular formula is C10H19NO2S. The molecule has 0 radical (unpaired) electrons. The van der Waals surface area contributed by atoms with Crippen molar-refractivity contribution in [3.63, 3.8) is 0 Å². The molecule has 0 aromatic rings. The second-order valence-electron chi connectivity index (χ2n) is 3.52. The minimum absolute atomic E-state index is 0.107. The van der Waals surface area contributed by atoms with Gasteiger partial charge in [-0.15, -0.1) is 0 Å². The Morgan fingerprint density at radius 3 is 2.86 bits per heavy atom. The maximum atomic E-state index is 10.8. The average molecular weight is 217 g/mol. The fraction of sp³-hybridized carbons (Fsp3) is 0.900. The van der Waals surface area contributed by atoms with Crippen LogP contribution < -0.4 is 5.32 Å². The number of hydrogen-bond acceptors (Lipinski definition) is 4. The van der Waals surface area contributed by atoms with Crippen molar-refractivity contribution >= 4 is 17.7 Å². The van der Waals surface area contributed by atoms with E-state index in [1.165, 1.54) is 26.4 Å². The molecule has 1 aliphatic carbocycles. The van der Waals surface area contributed by atoms with Gasteiger partial charge in [0.15, 0.2) is 0 Å². The summed E-state index contributed by atoms with van der Waals surface area (Å²) in [7, 11) is 1.44. The lowest BCUT2D eigenvalue weighted by Crippen LogP contribution is -2.36. The van der Waals surface area contributed by atoms with E-state index in [-0.39, 0.29) is 5.97 Å². The predicted molar refractivity (Wildman–Crippen MR) is 59.6 cm³/mol. The van der Waals surface area contributed by atoms with Crippen molar-refractivity contribution in [3.8, 4) is 0 Å². The smallest absolute Gasteiger partial charge is 0.306 e.